The first-order chi connectivity index (χ1) is 11.1. The summed E-state index contributed by atoms with van der Waals surface area (Å²) in [5, 5.41) is 8.55. The van der Waals surface area contributed by atoms with Crippen LogP contribution in [0.2, 0.25) is 0 Å². The third kappa shape index (κ3) is 3.90. The molecule has 1 aromatic heterocycles. The average Bonchev–Trinajstić information content (AvgIpc) is 3.10. The summed E-state index contributed by atoms with van der Waals surface area (Å²) < 4.78 is 0. The van der Waals surface area contributed by atoms with Gasteiger partial charge in [-0.25, -0.2) is 0 Å². The number of carbonyl (C=O) groups is 1. The van der Waals surface area contributed by atoms with Gasteiger partial charge in [-0.15, -0.1) is 10.2 Å². The van der Waals surface area contributed by atoms with Gasteiger partial charge in [-0.3, -0.25) is 9.69 Å². The standard InChI is InChI=1S/C16H26N6O/c1-19(2)14-5-6-15(18-17-14)21-11-9-20(10-12-21)13-16(23)22-7-3-4-8-22/h5-6H,3-4,7-13H2,1-2H3. The second-order valence-corrected chi connectivity index (χ2v) is 6.50. The lowest BCUT2D eigenvalue weighted by molar-refractivity contribution is -0.131. The number of likely N-dealkylation sites (tertiary alicyclic amines) is 1. The summed E-state index contributed by atoms with van der Waals surface area (Å²) >= 11 is 0. The van der Waals surface area contributed by atoms with E-state index in [2.05, 4.69) is 20.0 Å². The second kappa shape index (κ2) is 7.12. The minimum atomic E-state index is 0.283. The second-order valence-electron chi connectivity index (χ2n) is 6.50. The zero-order chi connectivity index (χ0) is 16.2. The Bertz CT molecular complexity index is 518. The van der Waals surface area contributed by atoms with Crippen LogP contribution in [-0.4, -0.2) is 85.8 Å². The SMILES string of the molecule is CN(C)c1ccc(N2CCN(CC(=O)N3CCCC3)CC2)nn1. The number of hydrogen-bond acceptors (Lipinski definition) is 6. The van der Waals surface area contributed by atoms with Crippen LogP contribution in [0.4, 0.5) is 11.6 Å². The highest BCUT2D eigenvalue weighted by Crippen LogP contribution is 2.15. The molecule has 0 bridgehead atoms. The highest BCUT2D eigenvalue weighted by molar-refractivity contribution is 5.78. The third-order valence-corrected chi connectivity index (χ3v) is 4.61. The molecule has 7 heteroatoms. The molecular formula is C16H26N6O. The Balaban J connectivity index is 1.48. The van der Waals surface area contributed by atoms with E-state index in [0.717, 1.165) is 63.7 Å². The molecule has 0 radical (unpaired) electrons. The predicted molar refractivity (Wildman–Crippen MR) is 90.8 cm³/mol. The largest absolute Gasteiger partial charge is 0.361 e. The van der Waals surface area contributed by atoms with Crippen LogP contribution in [0.5, 0.6) is 0 Å². The highest BCUT2D eigenvalue weighted by Gasteiger charge is 2.24. The molecule has 2 saturated heterocycles. The molecule has 0 spiro atoms. The van der Waals surface area contributed by atoms with Gasteiger partial charge in [0.25, 0.3) is 0 Å². The molecule has 2 aliphatic rings. The van der Waals surface area contributed by atoms with Crippen molar-refractivity contribution in [2.75, 3.05) is 69.7 Å². The molecule has 3 heterocycles. The number of aromatic nitrogens is 2. The fourth-order valence-electron chi connectivity index (χ4n) is 3.12. The van der Waals surface area contributed by atoms with Gasteiger partial charge in [-0.05, 0) is 25.0 Å². The first-order valence-electron chi connectivity index (χ1n) is 8.39. The summed E-state index contributed by atoms with van der Waals surface area (Å²) in [5.74, 6) is 2.07. The van der Waals surface area contributed by atoms with E-state index in [1.807, 2.05) is 36.0 Å². The summed E-state index contributed by atoms with van der Waals surface area (Å²) in [7, 11) is 3.92. The van der Waals surface area contributed by atoms with Gasteiger partial charge >= 0.3 is 0 Å². The van der Waals surface area contributed by atoms with Gasteiger partial charge in [0.2, 0.25) is 5.91 Å². The number of rotatable bonds is 4. The Morgan fingerprint density at radius 3 is 2.30 bits per heavy atom. The van der Waals surface area contributed by atoms with E-state index in [1.165, 1.54) is 0 Å². The zero-order valence-electron chi connectivity index (χ0n) is 14.1. The zero-order valence-corrected chi connectivity index (χ0v) is 14.1. The monoisotopic (exact) mass is 318 g/mol. The fourth-order valence-corrected chi connectivity index (χ4v) is 3.12. The maximum atomic E-state index is 12.2. The van der Waals surface area contributed by atoms with Gasteiger partial charge in [0, 0.05) is 53.4 Å². The molecule has 0 aliphatic carbocycles. The number of amides is 1. The van der Waals surface area contributed by atoms with Crippen molar-refractivity contribution in [2.45, 2.75) is 12.8 Å². The Hall–Kier alpha value is -1.89. The van der Waals surface area contributed by atoms with Crippen LogP contribution in [0.25, 0.3) is 0 Å². The van der Waals surface area contributed by atoms with Gasteiger partial charge in [0.1, 0.15) is 0 Å². The Morgan fingerprint density at radius 2 is 1.74 bits per heavy atom. The van der Waals surface area contributed by atoms with Crippen molar-refractivity contribution >= 4 is 17.5 Å². The van der Waals surface area contributed by atoms with E-state index in [0.29, 0.717) is 6.54 Å². The van der Waals surface area contributed by atoms with Crippen LogP contribution in [0.15, 0.2) is 12.1 Å². The molecule has 126 valence electrons. The van der Waals surface area contributed by atoms with E-state index in [-0.39, 0.29) is 5.91 Å². The first-order valence-corrected chi connectivity index (χ1v) is 8.39. The smallest absolute Gasteiger partial charge is 0.236 e. The average molecular weight is 318 g/mol. The van der Waals surface area contributed by atoms with Crippen LogP contribution in [0.3, 0.4) is 0 Å². The molecule has 7 nitrogen and oxygen atoms in total. The molecular weight excluding hydrogens is 292 g/mol. The molecule has 3 rings (SSSR count). The number of anilines is 2. The molecule has 0 atom stereocenters. The van der Waals surface area contributed by atoms with E-state index >= 15 is 0 Å². The lowest BCUT2D eigenvalue weighted by atomic mass is 10.3. The van der Waals surface area contributed by atoms with Crippen LogP contribution in [-0.2, 0) is 4.79 Å². The molecule has 2 fully saturated rings. The van der Waals surface area contributed by atoms with Crippen molar-refractivity contribution in [1.29, 1.82) is 0 Å². The number of piperazine rings is 1. The van der Waals surface area contributed by atoms with Crippen molar-refractivity contribution in [3.05, 3.63) is 12.1 Å². The summed E-state index contributed by atoms with van der Waals surface area (Å²) in [5.41, 5.74) is 0. The van der Waals surface area contributed by atoms with E-state index in [1.54, 1.807) is 0 Å². The molecule has 0 unspecified atom stereocenters. The van der Waals surface area contributed by atoms with E-state index < -0.39 is 0 Å². The van der Waals surface area contributed by atoms with Crippen molar-refractivity contribution in [2.24, 2.45) is 0 Å². The minimum Gasteiger partial charge on any atom is -0.361 e. The van der Waals surface area contributed by atoms with Crippen molar-refractivity contribution in [3.63, 3.8) is 0 Å². The lowest BCUT2D eigenvalue weighted by Gasteiger charge is -2.35. The number of carbonyl (C=O) groups excluding carboxylic acids is 1. The summed E-state index contributed by atoms with van der Waals surface area (Å²) in [6.45, 7) is 6.01. The van der Waals surface area contributed by atoms with Gasteiger partial charge < -0.3 is 14.7 Å². The van der Waals surface area contributed by atoms with E-state index in [4.69, 9.17) is 0 Å². The Labute approximate surface area is 137 Å². The lowest BCUT2D eigenvalue weighted by Crippen LogP contribution is -2.50. The van der Waals surface area contributed by atoms with Crippen LogP contribution in [0.1, 0.15) is 12.8 Å². The normalized spacial score (nSPS) is 19.2. The van der Waals surface area contributed by atoms with Crippen LogP contribution in [0, 0.1) is 0 Å². The Kier molecular flexibility index (Phi) is 4.95. The molecule has 0 saturated carbocycles. The fraction of sp³-hybridized carbons (Fsp3) is 0.688. The first kappa shape index (κ1) is 16.0. The molecule has 1 amide bonds. The maximum Gasteiger partial charge on any atom is 0.236 e. The van der Waals surface area contributed by atoms with Gasteiger partial charge in [0.15, 0.2) is 11.6 Å². The van der Waals surface area contributed by atoms with Crippen molar-refractivity contribution in [1.82, 2.24) is 20.0 Å². The Morgan fingerprint density at radius 1 is 1.04 bits per heavy atom. The highest BCUT2D eigenvalue weighted by atomic mass is 16.2. The topological polar surface area (TPSA) is 55.8 Å². The summed E-state index contributed by atoms with van der Waals surface area (Å²) in [4.78, 5) is 20.6. The predicted octanol–water partition coefficient (Wildman–Crippen LogP) is 0.287. The maximum absolute atomic E-state index is 12.2. The molecule has 1 aromatic rings. The summed E-state index contributed by atoms with van der Waals surface area (Å²) in [6, 6.07) is 4.01. The van der Waals surface area contributed by atoms with Crippen LogP contribution >= 0.6 is 0 Å². The molecule has 23 heavy (non-hydrogen) atoms. The quantitative estimate of drug-likeness (QED) is 0.795. The minimum absolute atomic E-state index is 0.283. The van der Waals surface area contributed by atoms with Gasteiger partial charge in [-0.1, -0.05) is 0 Å². The number of nitrogens with zero attached hydrogens (tertiary/aromatic N) is 6. The van der Waals surface area contributed by atoms with Gasteiger partial charge in [0.05, 0.1) is 6.54 Å². The molecule has 0 aromatic carbocycles. The molecule has 2 aliphatic heterocycles. The third-order valence-electron chi connectivity index (χ3n) is 4.61. The van der Waals surface area contributed by atoms with Gasteiger partial charge in [-0.2, -0.15) is 0 Å². The van der Waals surface area contributed by atoms with Crippen LogP contribution < -0.4 is 9.80 Å². The van der Waals surface area contributed by atoms with Crippen molar-refractivity contribution in [3.8, 4) is 0 Å². The summed E-state index contributed by atoms with van der Waals surface area (Å²) in [6.07, 6.45) is 2.31. The molecule has 0 N–H and O–H groups in total. The van der Waals surface area contributed by atoms with E-state index in [9.17, 15) is 4.79 Å². The van der Waals surface area contributed by atoms with Crippen molar-refractivity contribution < 1.29 is 4.79 Å². The number of hydrogen-bond donors (Lipinski definition) is 0.